The summed E-state index contributed by atoms with van der Waals surface area (Å²) in [5, 5.41) is 9.84. The van der Waals surface area contributed by atoms with E-state index in [1.165, 1.54) is 0 Å². The van der Waals surface area contributed by atoms with E-state index in [1.54, 1.807) is 0 Å². The molecule has 1 heterocycles. The van der Waals surface area contributed by atoms with Gasteiger partial charge in [0.1, 0.15) is 0 Å². The fourth-order valence-corrected chi connectivity index (χ4v) is 1.91. The van der Waals surface area contributed by atoms with Crippen LogP contribution in [0.3, 0.4) is 0 Å². The minimum atomic E-state index is -0.309. The van der Waals surface area contributed by atoms with E-state index in [0.717, 1.165) is 32.4 Å². The van der Waals surface area contributed by atoms with Crippen LogP contribution in [0.1, 0.15) is 26.2 Å². The SMILES string of the molecule is CCN1C=CC(C2(O)CC2)CC1. The maximum absolute atomic E-state index is 9.84. The van der Waals surface area contributed by atoms with E-state index in [1.807, 2.05) is 0 Å². The van der Waals surface area contributed by atoms with Crippen LogP contribution in [0, 0.1) is 5.92 Å². The van der Waals surface area contributed by atoms with Gasteiger partial charge in [0.15, 0.2) is 0 Å². The van der Waals surface area contributed by atoms with Crippen molar-refractivity contribution in [1.82, 2.24) is 4.90 Å². The van der Waals surface area contributed by atoms with Gasteiger partial charge in [-0.3, -0.25) is 0 Å². The first-order valence-electron chi connectivity index (χ1n) is 4.89. The second kappa shape index (κ2) is 2.77. The van der Waals surface area contributed by atoms with Crippen molar-refractivity contribution in [1.29, 1.82) is 0 Å². The number of rotatable bonds is 2. The van der Waals surface area contributed by atoms with Gasteiger partial charge >= 0.3 is 0 Å². The first-order chi connectivity index (χ1) is 5.74. The van der Waals surface area contributed by atoms with Crippen molar-refractivity contribution in [3.05, 3.63) is 12.3 Å². The Hall–Kier alpha value is -0.500. The molecule has 1 unspecified atom stereocenters. The fourth-order valence-electron chi connectivity index (χ4n) is 1.91. The topological polar surface area (TPSA) is 23.5 Å². The molecular weight excluding hydrogens is 150 g/mol. The Bertz CT molecular complexity index is 196. The number of hydrogen-bond donors (Lipinski definition) is 1. The quantitative estimate of drug-likeness (QED) is 0.671. The third-order valence-electron chi connectivity index (χ3n) is 3.12. The van der Waals surface area contributed by atoms with E-state index < -0.39 is 0 Å². The predicted octanol–water partition coefficient (Wildman–Crippen LogP) is 1.37. The molecule has 1 fully saturated rings. The third kappa shape index (κ3) is 1.36. The maximum atomic E-state index is 9.84. The Morgan fingerprint density at radius 3 is 2.75 bits per heavy atom. The summed E-state index contributed by atoms with van der Waals surface area (Å²) in [6.45, 7) is 4.36. The first-order valence-corrected chi connectivity index (χ1v) is 4.89. The lowest BCUT2D eigenvalue weighted by Crippen LogP contribution is -2.30. The van der Waals surface area contributed by atoms with Crippen molar-refractivity contribution in [3.63, 3.8) is 0 Å². The summed E-state index contributed by atoms with van der Waals surface area (Å²) in [4.78, 5) is 2.29. The molecule has 0 aromatic rings. The highest BCUT2D eigenvalue weighted by atomic mass is 16.3. The highest BCUT2D eigenvalue weighted by molar-refractivity contribution is 5.09. The van der Waals surface area contributed by atoms with Crippen LogP contribution in [0.25, 0.3) is 0 Å². The van der Waals surface area contributed by atoms with Gasteiger partial charge in [0, 0.05) is 19.0 Å². The molecule has 0 bridgehead atoms. The van der Waals surface area contributed by atoms with Crippen LogP contribution in [0.15, 0.2) is 12.3 Å². The number of aliphatic hydroxyl groups is 1. The van der Waals surface area contributed by atoms with Crippen molar-refractivity contribution in [2.45, 2.75) is 31.8 Å². The fraction of sp³-hybridized carbons (Fsp3) is 0.800. The summed E-state index contributed by atoms with van der Waals surface area (Å²) in [5.41, 5.74) is -0.309. The molecule has 2 heteroatoms. The lowest BCUT2D eigenvalue weighted by Gasteiger charge is -2.29. The predicted molar refractivity (Wildman–Crippen MR) is 48.7 cm³/mol. The van der Waals surface area contributed by atoms with Gasteiger partial charge in [0.05, 0.1) is 5.60 Å². The second-order valence-corrected chi connectivity index (χ2v) is 3.97. The number of nitrogens with zero attached hydrogens (tertiary/aromatic N) is 1. The van der Waals surface area contributed by atoms with Crippen LogP contribution in [0.2, 0.25) is 0 Å². The van der Waals surface area contributed by atoms with Crippen LogP contribution in [-0.4, -0.2) is 28.7 Å². The Morgan fingerprint density at radius 1 is 1.58 bits per heavy atom. The summed E-state index contributed by atoms with van der Waals surface area (Å²) in [7, 11) is 0. The van der Waals surface area contributed by atoms with E-state index in [-0.39, 0.29) is 5.60 Å². The van der Waals surface area contributed by atoms with Crippen molar-refractivity contribution >= 4 is 0 Å². The molecule has 1 aliphatic heterocycles. The zero-order valence-corrected chi connectivity index (χ0v) is 7.66. The van der Waals surface area contributed by atoms with Crippen LogP contribution in [0.5, 0.6) is 0 Å². The van der Waals surface area contributed by atoms with Crippen LogP contribution in [-0.2, 0) is 0 Å². The molecule has 68 valence electrons. The standard InChI is InChI=1S/C10H17NO/c1-2-11-7-3-9(4-8-11)10(12)5-6-10/h3,7,9,12H,2,4-6,8H2,1H3. The molecule has 1 atom stereocenters. The van der Waals surface area contributed by atoms with Gasteiger partial charge in [-0.1, -0.05) is 6.08 Å². The maximum Gasteiger partial charge on any atom is 0.0713 e. The minimum absolute atomic E-state index is 0.309. The van der Waals surface area contributed by atoms with Crippen LogP contribution in [0.4, 0.5) is 0 Å². The Kier molecular flexibility index (Phi) is 1.87. The van der Waals surface area contributed by atoms with E-state index in [0.29, 0.717) is 5.92 Å². The van der Waals surface area contributed by atoms with Gasteiger partial charge < -0.3 is 10.0 Å². The molecule has 1 aliphatic carbocycles. The molecule has 2 nitrogen and oxygen atoms in total. The summed E-state index contributed by atoms with van der Waals surface area (Å²) < 4.78 is 0. The molecule has 0 radical (unpaired) electrons. The van der Waals surface area contributed by atoms with Gasteiger partial charge in [-0.05, 0) is 32.4 Å². The van der Waals surface area contributed by atoms with Gasteiger partial charge in [-0.25, -0.2) is 0 Å². The van der Waals surface area contributed by atoms with E-state index in [9.17, 15) is 5.11 Å². The van der Waals surface area contributed by atoms with Gasteiger partial charge in [-0.15, -0.1) is 0 Å². The summed E-state index contributed by atoms with van der Waals surface area (Å²) in [5.74, 6) is 0.431. The lowest BCUT2D eigenvalue weighted by atomic mass is 9.94. The molecule has 1 saturated carbocycles. The van der Waals surface area contributed by atoms with E-state index in [2.05, 4.69) is 24.1 Å². The van der Waals surface area contributed by atoms with E-state index >= 15 is 0 Å². The van der Waals surface area contributed by atoms with Crippen LogP contribution < -0.4 is 0 Å². The Balaban J connectivity index is 1.96. The summed E-state index contributed by atoms with van der Waals surface area (Å²) in [6.07, 6.45) is 7.47. The highest BCUT2D eigenvalue weighted by Crippen LogP contribution is 2.45. The van der Waals surface area contributed by atoms with Gasteiger partial charge in [-0.2, -0.15) is 0 Å². The van der Waals surface area contributed by atoms with E-state index in [4.69, 9.17) is 0 Å². The zero-order chi connectivity index (χ0) is 8.60. The van der Waals surface area contributed by atoms with Crippen LogP contribution >= 0.6 is 0 Å². The van der Waals surface area contributed by atoms with Crippen molar-refractivity contribution < 1.29 is 5.11 Å². The lowest BCUT2D eigenvalue weighted by molar-refractivity contribution is 0.0901. The minimum Gasteiger partial charge on any atom is -0.389 e. The van der Waals surface area contributed by atoms with Crippen molar-refractivity contribution in [2.24, 2.45) is 5.92 Å². The molecule has 1 N–H and O–H groups in total. The van der Waals surface area contributed by atoms with Crippen molar-refractivity contribution in [3.8, 4) is 0 Å². The summed E-state index contributed by atoms with van der Waals surface area (Å²) >= 11 is 0. The smallest absolute Gasteiger partial charge is 0.0713 e. The average molecular weight is 167 g/mol. The molecule has 0 spiro atoms. The molecule has 12 heavy (non-hydrogen) atoms. The normalized spacial score (nSPS) is 32.2. The largest absolute Gasteiger partial charge is 0.389 e. The Labute approximate surface area is 73.9 Å². The second-order valence-electron chi connectivity index (χ2n) is 3.97. The molecule has 2 rings (SSSR count). The Morgan fingerprint density at radius 2 is 2.33 bits per heavy atom. The number of hydrogen-bond acceptors (Lipinski definition) is 2. The average Bonchev–Trinajstić information content (AvgIpc) is 2.85. The molecule has 0 saturated heterocycles. The monoisotopic (exact) mass is 167 g/mol. The molecular formula is C10H17NO. The summed E-state index contributed by atoms with van der Waals surface area (Å²) in [6, 6.07) is 0. The first kappa shape index (κ1) is 8.11. The third-order valence-corrected chi connectivity index (χ3v) is 3.12. The van der Waals surface area contributed by atoms with Gasteiger partial charge in [0.25, 0.3) is 0 Å². The molecule has 2 aliphatic rings. The molecule has 0 aromatic heterocycles. The molecule has 0 aromatic carbocycles. The highest BCUT2D eigenvalue weighted by Gasteiger charge is 2.46. The zero-order valence-electron chi connectivity index (χ0n) is 7.66. The molecule has 0 amide bonds. The van der Waals surface area contributed by atoms with Gasteiger partial charge in [0.2, 0.25) is 0 Å². The van der Waals surface area contributed by atoms with Crippen molar-refractivity contribution in [2.75, 3.05) is 13.1 Å².